The number of fused-ring (bicyclic) bond motifs is 1. The van der Waals surface area contributed by atoms with Crippen molar-refractivity contribution in [3.05, 3.63) is 29.8 Å². The fourth-order valence-electron chi connectivity index (χ4n) is 3.59. The van der Waals surface area contributed by atoms with Crippen LogP contribution in [0.25, 0.3) is 0 Å². The molecule has 1 atom stereocenters. The number of hydrogen-bond acceptors (Lipinski definition) is 2. The number of carbonyl (C=O) groups excluding carboxylic acids is 1. The standard InChI is InChI=1S/C17H25N3O/c1-18-15-10-6-12-20(16-11-5-4-9-14(15)16)17(21)19-13-7-2-3-8-13/h4-5,9,11,13,15,18H,2-3,6-8,10,12H2,1H3,(H,19,21). The summed E-state index contributed by atoms with van der Waals surface area (Å²) in [4.78, 5) is 14.6. The third-order valence-electron chi connectivity index (χ3n) is 4.75. The second-order valence-corrected chi connectivity index (χ2v) is 6.12. The zero-order chi connectivity index (χ0) is 14.7. The number of hydrogen-bond donors (Lipinski definition) is 2. The van der Waals surface area contributed by atoms with Gasteiger partial charge in [-0.3, -0.25) is 4.90 Å². The molecule has 4 heteroatoms. The van der Waals surface area contributed by atoms with E-state index in [0.717, 1.165) is 37.9 Å². The molecule has 1 aliphatic carbocycles. The van der Waals surface area contributed by atoms with E-state index < -0.39 is 0 Å². The summed E-state index contributed by atoms with van der Waals surface area (Å²) in [7, 11) is 2.00. The molecule has 1 fully saturated rings. The first kappa shape index (κ1) is 14.4. The minimum absolute atomic E-state index is 0.0751. The average Bonchev–Trinajstić information content (AvgIpc) is 2.93. The molecule has 2 N–H and O–H groups in total. The van der Waals surface area contributed by atoms with Crippen molar-refractivity contribution in [1.82, 2.24) is 10.6 Å². The highest BCUT2D eigenvalue weighted by molar-refractivity contribution is 5.93. The van der Waals surface area contributed by atoms with E-state index >= 15 is 0 Å². The van der Waals surface area contributed by atoms with Gasteiger partial charge < -0.3 is 10.6 Å². The van der Waals surface area contributed by atoms with Gasteiger partial charge in [0.15, 0.2) is 0 Å². The first-order valence-corrected chi connectivity index (χ1v) is 8.14. The number of benzene rings is 1. The van der Waals surface area contributed by atoms with Crippen molar-refractivity contribution in [3.63, 3.8) is 0 Å². The van der Waals surface area contributed by atoms with Crippen LogP contribution in [0.1, 0.15) is 50.1 Å². The van der Waals surface area contributed by atoms with Crippen LogP contribution in [0.15, 0.2) is 24.3 Å². The molecular formula is C17H25N3O. The topological polar surface area (TPSA) is 44.4 Å². The van der Waals surface area contributed by atoms with Gasteiger partial charge >= 0.3 is 6.03 Å². The Morgan fingerprint density at radius 1 is 1.14 bits per heavy atom. The Labute approximate surface area is 126 Å². The summed E-state index contributed by atoms with van der Waals surface area (Å²) in [5.41, 5.74) is 2.30. The van der Waals surface area contributed by atoms with E-state index in [-0.39, 0.29) is 6.03 Å². The smallest absolute Gasteiger partial charge is 0.322 e. The lowest BCUT2D eigenvalue weighted by atomic mass is 10.0. The van der Waals surface area contributed by atoms with E-state index in [4.69, 9.17) is 0 Å². The third kappa shape index (κ3) is 3.05. The molecule has 1 heterocycles. The highest BCUT2D eigenvalue weighted by atomic mass is 16.2. The van der Waals surface area contributed by atoms with Gasteiger partial charge in [0.2, 0.25) is 0 Å². The van der Waals surface area contributed by atoms with E-state index in [1.54, 1.807) is 0 Å². The molecule has 0 radical (unpaired) electrons. The molecule has 21 heavy (non-hydrogen) atoms. The lowest BCUT2D eigenvalue weighted by molar-refractivity contribution is 0.242. The van der Waals surface area contributed by atoms with Crippen LogP contribution >= 0.6 is 0 Å². The van der Waals surface area contributed by atoms with Crippen LogP contribution in [0.2, 0.25) is 0 Å². The molecule has 0 spiro atoms. The van der Waals surface area contributed by atoms with Crippen molar-refractivity contribution in [3.8, 4) is 0 Å². The van der Waals surface area contributed by atoms with Gasteiger partial charge in [-0.15, -0.1) is 0 Å². The predicted molar refractivity (Wildman–Crippen MR) is 85.6 cm³/mol. The quantitative estimate of drug-likeness (QED) is 0.877. The van der Waals surface area contributed by atoms with Crippen LogP contribution < -0.4 is 15.5 Å². The summed E-state index contributed by atoms with van der Waals surface area (Å²) in [6, 6.07) is 9.06. The Hall–Kier alpha value is -1.55. The Bertz CT molecular complexity index is 497. The lowest BCUT2D eigenvalue weighted by Crippen LogP contribution is -2.44. The maximum atomic E-state index is 12.7. The van der Waals surface area contributed by atoms with Crippen LogP contribution in [0.4, 0.5) is 10.5 Å². The zero-order valence-corrected chi connectivity index (χ0v) is 12.8. The molecule has 1 unspecified atom stereocenters. The molecule has 0 aromatic heterocycles. The fraction of sp³-hybridized carbons (Fsp3) is 0.588. The number of para-hydroxylation sites is 1. The van der Waals surface area contributed by atoms with E-state index in [9.17, 15) is 4.79 Å². The van der Waals surface area contributed by atoms with E-state index in [1.165, 1.54) is 18.4 Å². The van der Waals surface area contributed by atoms with Gasteiger partial charge in [0.1, 0.15) is 0 Å². The van der Waals surface area contributed by atoms with Crippen molar-refractivity contribution < 1.29 is 4.79 Å². The molecule has 0 saturated heterocycles. The second-order valence-electron chi connectivity index (χ2n) is 6.12. The second kappa shape index (κ2) is 6.48. The molecule has 114 valence electrons. The molecule has 2 aliphatic rings. The number of nitrogens with zero attached hydrogens (tertiary/aromatic N) is 1. The van der Waals surface area contributed by atoms with Gasteiger partial charge in [0.25, 0.3) is 0 Å². The van der Waals surface area contributed by atoms with Gasteiger partial charge in [0.05, 0.1) is 5.69 Å². The number of amides is 2. The molecule has 0 bridgehead atoms. The monoisotopic (exact) mass is 287 g/mol. The van der Waals surface area contributed by atoms with Gasteiger partial charge in [-0.25, -0.2) is 4.79 Å². The van der Waals surface area contributed by atoms with Gasteiger partial charge in [-0.05, 0) is 44.4 Å². The normalized spacial score (nSPS) is 22.7. The summed E-state index contributed by atoms with van der Waals surface area (Å²) in [5.74, 6) is 0. The van der Waals surface area contributed by atoms with Gasteiger partial charge in [-0.1, -0.05) is 31.0 Å². The Morgan fingerprint density at radius 3 is 2.67 bits per heavy atom. The van der Waals surface area contributed by atoms with E-state index in [0.29, 0.717) is 12.1 Å². The molecule has 1 saturated carbocycles. The Balaban J connectivity index is 1.82. The number of rotatable bonds is 2. The zero-order valence-electron chi connectivity index (χ0n) is 12.8. The summed E-state index contributed by atoms with van der Waals surface area (Å²) in [6.07, 6.45) is 6.83. The minimum atomic E-state index is 0.0751. The predicted octanol–water partition coefficient (Wildman–Crippen LogP) is 3.20. The summed E-state index contributed by atoms with van der Waals surface area (Å²) in [5, 5.41) is 6.59. The highest BCUT2D eigenvalue weighted by Crippen LogP contribution is 2.32. The summed E-state index contributed by atoms with van der Waals surface area (Å²) in [6.45, 7) is 0.799. The SMILES string of the molecule is CNC1CCCN(C(=O)NC2CCCC2)c2ccccc21. The number of nitrogens with one attached hydrogen (secondary N) is 2. The first-order valence-electron chi connectivity index (χ1n) is 8.14. The largest absolute Gasteiger partial charge is 0.335 e. The number of anilines is 1. The Morgan fingerprint density at radius 2 is 1.90 bits per heavy atom. The average molecular weight is 287 g/mol. The molecule has 1 aromatic rings. The van der Waals surface area contributed by atoms with Crippen LogP contribution in [-0.2, 0) is 0 Å². The molecule has 1 aromatic carbocycles. The third-order valence-corrected chi connectivity index (χ3v) is 4.75. The Kier molecular flexibility index (Phi) is 4.44. The van der Waals surface area contributed by atoms with E-state index in [1.807, 2.05) is 18.0 Å². The molecule has 3 rings (SSSR count). The van der Waals surface area contributed by atoms with Crippen molar-refractivity contribution in [1.29, 1.82) is 0 Å². The van der Waals surface area contributed by atoms with Crippen LogP contribution in [-0.4, -0.2) is 25.7 Å². The lowest BCUT2D eigenvalue weighted by Gasteiger charge is -2.26. The van der Waals surface area contributed by atoms with Gasteiger partial charge in [-0.2, -0.15) is 0 Å². The maximum absolute atomic E-state index is 12.7. The number of carbonyl (C=O) groups is 1. The van der Waals surface area contributed by atoms with E-state index in [2.05, 4.69) is 28.8 Å². The number of urea groups is 1. The van der Waals surface area contributed by atoms with Crippen LogP contribution in [0, 0.1) is 0 Å². The highest BCUT2D eigenvalue weighted by Gasteiger charge is 2.27. The van der Waals surface area contributed by atoms with Crippen molar-refractivity contribution in [2.45, 2.75) is 50.6 Å². The molecular weight excluding hydrogens is 262 g/mol. The van der Waals surface area contributed by atoms with Crippen molar-refractivity contribution >= 4 is 11.7 Å². The van der Waals surface area contributed by atoms with Crippen LogP contribution in [0.5, 0.6) is 0 Å². The summed E-state index contributed by atoms with van der Waals surface area (Å²) < 4.78 is 0. The minimum Gasteiger partial charge on any atom is -0.335 e. The molecule has 2 amide bonds. The maximum Gasteiger partial charge on any atom is 0.322 e. The van der Waals surface area contributed by atoms with Crippen LogP contribution in [0.3, 0.4) is 0 Å². The molecule has 4 nitrogen and oxygen atoms in total. The van der Waals surface area contributed by atoms with Crippen molar-refractivity contribution in [2.75, 3.05) is 18.5 Å². The van der Waals surface area contributed by atoms with Crippen molar-refractivity contribution in [2.24, 2.45) is 0 Å². The fourth-order valence-corrected chi connectivity index (χ4v) is 3.59. The van der Waals surface area contributed by atoms with Gasteiger partial charge in [0, 0.05) is 18.6 Å². The first-order chi connectivity index (χ1) is 10.3. The summed E-state index contributed by atoms with van der Waals surface area (Å²) >= 11 is 0. The molecule has 1 aliphatic heterocycles.